The van der Waals surface area contributed by atoms with Crippen molar-refractivity contribution in [2.75, 3.05) is 26.2 Å². The number of hydrogen-bond acceptors (Lipinski definition) is 3. The Labute approximate surface area is 93.2 Å². The van der Waals surface area contributed by atoms with Crippen molar-refractivity contribution in [3.05, 3.63) is 0 Å². The van der Waals surface area contributed by atoms with Gasteiger partial charge in [0.05, 0.1) is 0 Å². The van der Waals surface area contributed by atoms with Gasteiger partial charge in [-0.3, -0.25) is 4.79 Å². The summed E-state index contributed by atoms with van der Waals surface area (Å²) < 4.78 is 0. The number of rotatable bonds is 8. The van der Waals surface area contributed by atoms with Crippen molar-refractivity contribution in [2.45, 2.75) is 39.7 Å². The number of likely N-dealkylation sites (N-methyl/N-ethyl adjacent to an activating group) is 1. The monoisotopic (exact) mass is 215 g/mol. The standard InChI is InChI=1S/C11H25N3O/c1-5-14(6-2)8-7-13-11(3,4)9-10(12)15/h13H,5-9H2,1-4H3,(H2,12,15). The van der Waals surface area contributed by atoms with Crippen LogP contribution >= 0.6 is 0 Å². The van der Waals surface area contributed by atoms with Gasteiger partial charge in [0.1, 0.15) is 0 Å². The van der Waals surface area contributed by atoms with Gasteiger partial charge in [-0.1, -0.05) is 13.8 Å². The predicted molar refractivity (Wildman–Crippen MR) is 63.7 cm³/mol. The minimum Gasteiger partial charge on any atom is -0.370 e. The SMILES string of the molecule is CCN(CC)CCNC(C)(C)CC(N)=O. The maximum atomic E-state index is 10.8. The molecule has 0 spiro atoms. The molecule has 0 bridgehead atoms. The average molecular weight is 215 g/mol. The van der Waals surface area contributed by atoms with E-state index in [1.807, 2.05) is 13.8 Å². The molecule has 0 saturated carbocycles. The van der Waals surface area contributed by atoms with Crippen LogP contribution < -0.4 is 11.1 Å². The van der Waals surface area contributed by atoms with Crippen LogP contribution in [0.25, 0.3) is 0 Å². The third-order valence-electron chi connectivity index (χ3n) is 2.54. The number of amides is 1. The Balaban J connectivity index is 3.78. The molecule has 0 aliphatic heterocycles. The molecule has 0 aromatic heterocycles. The molecular formula is C11H25N3O. The van der Waals surface area contributed by atoms with Crippen LogP contribution in [-0.4, -0.2) is 42.5 Å². The van der Waals surface area contributed by atoms with Gasteiger partial charge < -0.3 is 16.0 Å². The van der Waals surface area contributed by atoms with Crippen molar-refractivity contribution >= 4 is 5.91 Å². The van der Waals surface area contributed by atoms with Crippen LogP contribution in [0.4, 0.5) is 0 Å². The Hall–Kier alpha value is -0.610. The maximum absolute atomic E-state index is 10.8. The van der Waals surface area contributed by atoms with E-state index in [4.69, 9.17) is 5.73 Å². The molecule has 0 rings (SSSR count). The molecular weight excluding hydrogens is 190 g/mol. The summed E-state index contributed by atoms with van der Waals surface area (Å²) in [5.74, 6) is -0.254. The Morgan fingerprint density at radius 1 is 1.33 bits per heavy atom. The Kier molecular flexibility index (Phi) is 6.52. The average Bonchev–Trinajstić information content (AvgIpc) is 2.10. The van der Waals surface area contributed by atoms with E-state index in [1.165, 1.54) is 0 Å². The van der Waals surface area contributed by atoms with Crippen LogP contribution in [0.3, 0.4) is 0 Å². The Morgan fingerprint density at radius 3 is 2.27 bits per heavy atom. The third-order valence-corrected chi connectivity index (χ3v) is 2.54. The van der Waals surface area contributed by atoms with Gasteiger partial charge in [0.2, 0.25) is 5.91 Å². The second-order valence-electron chi connectivity index (χ2n) is 4.48. The summed E-state index contributed by atoms with van der Waals surface area (Å²) in [5.41, 5.74) is 4.98. The van der Waals surface area contributed by atoms with Crippen LogP contribution in [0.5, 0.6) is 0 Å². The topological polar surface area (TPSA) is 58.4 Å². The van der Waals surface area contributed by atoms with Crippen LogP contribution in [-0.2, 0) is 4.79 Å². The van der Waals surface area contributed by atoms with Crippen molar-refractivity contribution in [1.29, 1.82) is 0 Å². The maximum Gasteiger partial charge on any atom is 0.219 e. The van der Waals surface area contributed by atoms with E-state index >= 15 is 0 Å². The zero-order chi connectivity index (χ0) is 11.9. The van der Waals surface area contributed by atoms with Crippen molar-refractivity contribution in [1.82, 2.24) is 10.2 Å². The van der Waals surface area contributed by atoms with Crippen LogP contribution in [0, 0.1) is 0 Å². The highest BCUT2D eigenvalue weighted by molar-refractivity contribution is 5.74. The first-order valence-electron chi connectivity index (χ1n) is 5.67. The summed E-state index contributed by atoms with van der Waals surface area (Å²) in [6.07, 6.45) is 0.380. The Bertz CT molecular complexity index is 188. The second-order valence-corrected chi connectivity index (χ2v) is 4.48. The van der Waals surface area contributed by atoms with Crippen LogP contribution in [0.1, 0.15) is 34.1 Å². The molecule has 0 fully saturated rings. The van der Waals surface area contributed by atoms with Gasteiger partial charge in [0.15, 0.2) is 0 Å². The highest BCUT2D eigenvalue weighted by Gasteiger charge is 2.19. The minimum atomic E-state index is -0.254. The molecule has 0 aromatic carbocycles. The molecule has 3 N–H and O–H groups in total. The highest BCUT2D eigenvalue weighted by atomic mass is 16.1. The molecule has 4 heteroatoms. The molecule has 0 aliphatic rings. The first-order valence-corrected chi connectivity index (χ1v) is 5.67. The van der Waals surface area contributed by atoms with Crippen molar-refractivity contribution < 1.29 is 4.79 Å². The summed E-state index contributed by atoms with van der Waals surface area (Å²) in [7, 11) is 0. The summed E-state index contributed by atoms with van der Waals surface area (Å²) in [4.78, 5) is 13.1. The Morgan fingerprint density at radius 2 is 1.87 bits per heavy atom. The molecule has 1 amide bonds. The van der Waals surface area contributed by atoms with Gasteiger partial charge in [-0.15, -0.1) is 0 Å². The van der Waals surface area contributed by atoms with Crippen LogP contribution in [0.15, 0.2) is 0 Å². The second kappa shape index (κ2) is 6.80. The van der Waals surface area contributed by atoms with Gasteiger partial charge in [-0.05, 0) is 26.9 Å². The fraction of sp³-hybridized carbons (Fsp3) is 0.909. The lowest BCUT2D eigenvalue weighted by Gasteiger charge is -2.27. The summed E-state index contributed by atoms with van der Waals surface area (Å²) in [6, 6.07) is 0. The minimum absolute atomic E-state index is 0.195. The number of carbonyl (C=O) groups is 1. The molecule has 0 aliphatic carbocycles. The van der Waals surface area contributed by atoms with Gasteiger partial charge in [0, 0.05) is 25.0 Å². The van der Waals surface area contributed by atoms with E-state index in [9.17, 15) is 4.79 Å². The van der Waals surface area contributed by atoms with Crippen LogP contribution in [0.2, 0.25) is 0 Å². The fourth-order valence-electron chi connectivity index (χ4n) is 1.59. The lowest BCUT2D eigenvalue weighted by atomic mass is 10.0. The van der Waals surface area contributed by atoms with E-state index in [0.717, 1.165) is 26.2 Å². The normalized spacial score (nSPS) is 12.1. The number of nitrogens with one attached hydrogen (secondary N) is 1. The van der Waals surface area contributed by atoms with Crippen molar-refractivity contribution in [3.8, 4) is 0 Å². The third kappa shape index (κ3) is 7.33. The van der Waals surface area contributed by atoms with E-state index in [1.54, 1.807) is 0 Å². The molecule has 0 radical (unpaired) electrons. The zero-order valence-electron chi connectivity index (χ0n) is 10.5. The number of nitrogens with two attached hydrogens (primary N) is 1. The lowest BCUT2D eigenvalue weighted by molar-refractivity contribution is -0.119. The van der Waals surface area contributed by atoms with Gasteiger partial charge in [-0.2, -0.15) is 0 Å². The zero-order valence-corrected chi connectivity index (χ0v) is 10.5. The summed E-state index contributed by atoms with van der Waals surface area (Å²) in [6.45, 7) is 12.3. The molecule has 90 valence electrons. The van der Waals surface area contributed by atoms with Gasteiger partial charge in [0.25, 0.3) is 0 Å². The number of carbonyl (C=O) groups excluding carboxylic acids is 1. The van der Waals surface area contributed by atoms with Crippen molar-refractivity contribution in [3.63, 3.8) is 0 Å². The lowest BCUT2D eigenvalue weighted by Crippen LogP contribution is -2.45. The first kappa shape index (κ1) is 14.4. The van der Waals surface area contributed by atoms with E-state index in [-0.39, 0.29) is 11.4 Å². The summed E-state index contributed by atoms with van der Waals surface area (Å²) >= 11 is 0. The predicted octanol–water partition coefficient (Wildman–Crippen LogP) is 0.572. The molecule has 0 atom stereocenters. The molecule has 4 nitrogen and oxygen atoms in total. The van der Waals surface area contributed by atoms with E-state index in [0.29, 0.717) is 6.42 Å². The largest absolute Gasteiger partial charge is 0.370 e. The fourth-order valence-corrected chi connectivity index (χ4v) is 1.59. The molecule has 15 heavy (non-hydrogen) atoms. The smallest absolute Gasteiger partial charge is 0.219 e. The van der Waals surface area contributed by atoms with E-state index < -0.39 is 0 Å². The van der Waals surface area contributed by atoms with Crippen molar-refractivity contribution in [2.24, 2.45) is 5.73 Å². The van der Waals surface area contributed by atoms with Gasteiger partial charge >= 0.3 is 0 Å². The number of hydrogen-bond donors (Lipinski definition) is 2. The molecule has 0 saturated heterocycles. The molecule has 0 unspecified atom stereocenters. The molecule has 0 heterocycles. The molecule has 0 aromatic rings. The number of primary amides is 1. The van der Waals surface area contributed by atoms with E-state index in [2.05, 4.69) is 24.1 Å². The van der Waals surface area contributed by atoms with Gasteiger partial charge in [-0.25, -0.2) is 0 Å². The number of nitrogens with zero attached hydrogens (tertiary/aromatic N) is 1. The first-order chi connectivity index (χ1) is 6.91. The summed E-state index contributed by atoms with van der Waals surface area (Å²) in [5, 5.41) is 3.35. The highest BCUT2D eigenvalue weighted by Crippen LogP contribution is 2.06. The quantitative estimate of drug-likeness (QED) is 0.622.